The van der Waals surface area contributed by atoms with E-state index < -0.39 is 0 Å². The van der Waals surface area contributed by atoms with Crippen molar-refractivity contribution < 1.29 is 4.52 Å². The summed E-state index contributed by atoms with van der Waals surface area (Å²) in [6.07, 6.45) is 0. The molecule has 0 bridgehead atoms. The highest BCUT2D eigenvalue weighted by atomic mass is 16.5. The van der Waals surface area contributed by atoms with Gasteiger partial charge in [-0.15, -0.1) is 0 Å². The van der Waals surface area contributed by atoms with Gasteiger partial charge in [0.1, 0.15) is 0 Å². The fourth-order valence-corrected chi connectivity index (χ4v) is 2.48. The molecule has 2 aromatic rings. The third kappa shape index (κ3) is 3.08. The van der Waals surface area contributed by atoms with Gasteiger partial charge in [-0.2, -0.15) is 4.98 Å². The maximum Gasteiger partial charge on any atom is 0.232 e. The summed E-state index contributed by atoms with van der Waals surface area (Å²) in [5, 5.41) is 7.57. The number of hydrogen-bond donors (Lipinski definition) is 1. The van der Waals surface area contributed by atoms with Crippen LogP contribution in [-0.2, 0) is 18.5 Å². The SMILES string of the molecule is CC(C)(C)c1nc(CN2CCNCc3ccccc32)no1. The predicted octanol–water partition coefficient (Wildman–Crippen LogP) is 2.48. The lowest BCUT2D eigenvalue weighted by Gasteiger charge is -2.22. The van der Waals surface area contributed by atoms with E-state index in [0.29, 0.717) is 12.4 Å². The minimum absolute atomic E-state index is 0.108. The van der Waals surface area contributed by atoms with Gasteiger partial charge in [-0.1, -0.05) is 44.1 Å². The predicted molar refractivity (Wildman–Crippen MR) is 82.2 cm³/mol. The van der Waals surface area contributed by atoms with Crippen LogP contribution in [0, 0.1) is 0 Å². The van der Waals surface area contributed by atoms with E-state index in [1.807, 2.05) is 0 Å². The molecule has 0 fully saturated rings. The Kier molecular flexibility index (Phi) is 3.68. The van der Waals surface area contributed by atoms with Crippen LogP contribution >= 0.6 is 0 Å². The number of para-hydroxylation sites is 1. The molecule has 0 atom stereocenters. The molecule has 0 amide bonds. The van der Waals surface area contributed by atoms with Crippen LogP contribution in [-0.4, -0.2) is 23.2 Å². The van der Waals surface area contributed by atoms with Gasteiger partial charge < -0.3 is 14.7 Å². The first-order valence-electron chi connectivity index (χ1n) is 7.41. The van der Waals surface area contributed by atoms with Gasteiger partial charge >= 0.3 is 0 Å². The average molecular weight is 286 g/mol. The van der Waals surface area contributed by atoms with Crippen LogP contribution in [0.4, 0.5) is 5.69 Å². The third-order valence-electron chi connectivity index (χ3n) is 3.65. The molecule has 5 nitrogen and oxygen atoms in total. The lowest BCUT2D eigenvalue weighted by Crippen LogP contribution is -2.28. The van der Waals surface area contributed by atoms with E-state index in [1.165, 1.54) is 11.3 Å². The maximum atomic E-state index is 5.39. The Hall–Kier alpha value is -1.88. The molecule has 1 aromatic carbocycles. The number of benzene rings is 1. The zero-order valence-corrected chi connectivity index (χ0v) is 12.9. The standard InChI is InChI=1S/C16H22N4O/c1-16(2,3)15-18-14(19-21-15)11-20-9-8-17-10-12-6-4-5-7-13(12)20/h4-7,17H,8-11H2,1-3H3. The second-order valence-corrected chi connectivity index (χ2v) is 6.49. The minimum Gasteiger partial charge on any atom is -0.362 e. The third-order valence-corrected chi connectivity index (χ3v) is 3.65. The molecule has 21 heavy (non-hydrogen) atoms. The van der Waals surface area contributed by atoms with Gasteiger partial charge in [0, 0.05) is 30.7 Å². The summed E-state index contributed by atoms with van der Waals surface area (Å²) in [6, 6.07) is 8.48. The summed E-state index contributed by atoms with van der Waals surface area (Å²) in [6.45, 7) is 9.72. The first-order valence-corrected chi connectivity index (χ1v) is 7.41. The highest BCUT2D eigenvalue weighted by molar-refractivity contribution is 5.54. The van der Waals surface area contributed by atoms with Gasteiger partial charge in [-0.05, 0) is 11.6 Å². The summed E-state index contributed by atoms with van der Waals surface area (Å²) in [7, 11) is 0. The van der Waals surface area contributed by atoms with Crippen molar-refractivity contribution in [2.45, 2.75) is 39.3 Å². The van der Waals surface area contributed by atoms with Crippen molar-refractivity contribution in [3.8, 4) is 0 Å². The fraction of sp³-hybridized carbons (Fsp3) is 0.500. The smallest absolute Gasteiger partial charge is 0.232 e. The van der Waals surface area contributed by atoms with E-state index in [9.17, 15) is 0 Å². The summed E-state index contributed by atoms with van der Waals surface area (Å²) in [4.78, 5) is 6.85. The van der Waals surface area contributed by atoms with E-state index in [-0.39, 0.29) is 5.41 Å². The molecule has 0 spiro atoms. The highest BCUT2D eigenvalue weighted by Crippen LogP contribution is 2.24. The minimum atomic E-state index is -0.108. The molecule has 0 saturated carbocycles. The number of aromatic nitrogens is 2. The lowest BCUT2D eigenvalue weighted by atomic mass is 9.97. The largest absolute Gasteiger partial charge is 0.362 e. The van der Waals surface area contributed by atoms with E-state index in [2.05, 4.69) is 65.4 Å². The summed E-state index contributed by atoms with van der Waals surface area (Å²) >= 11 is 0. The number of hydrogen-bond acceptors (Lipinski definition) is 5. The molecule has 2 heterocycles. The molecular formula is C16H22N4O. The fourth-order valence-electron chi connectivity index (χ4n) is 2.48. The van der Waals surface area contributed by atoms with Crippen LogP contribution in [0.1, 0.15) is 38.0 Å². The lowest BCUT2D eigenvalue weighted by molar-refractivity contribution is 0.318. The number of fused-ring (bicyclic) bond motifs is 1. The number of nitrogens with zero attached hydrogens (tertiary/aromatic N) is 3. The van der Waals surface area contributed by atoms with Crippen LogP contribution in [0.15, 0.2) is 28.8 Å². The van der Waals surface area contributed by atoms with E-state index in [4.69, 9.17) is 4.52 Å². The molecule has 1 aromatic heterocycles. The Balaban J connectivity index is 1.83. The van der Waals surface area contributed by atoms with Gasteiger partial charge in [-0.3, -0.25) is 0 Å². The Bertz CT molecular complexity index is 615. The molecule has 5 heteroatoms. The summed E-state index contributed by atoms with van der Waals surface area (Å²) < 4.78 is 5.39. The van der Waals surface area contributed by atoms with Crippen LogP contribution in [0.3, 0.4) is 0 Å². The summed E-state index contributed by atoms with van der Waals surface area (Å²) in [5.41, 5.74) is 2.46. The van der Waals surface area contributed by atoms with Crippen molar-refractivity contribution in [1.29, 1.82) is 0 Å². The molecule has 1 aliphatic heterocycles. The average Bonchev–Trinajstić information content (AvgIpc) is 2.82. The van der Waals surface area contributed by atoms with E-state index >= 15 is 0 Å². The maximum absolute atomic E-state index is 5.39. The molecular weight excluding hydrogens is 264 g/mol. The molecule has 0 unspecified atom stereocenters. The van der Waals surface area contributed by atoms with Crippen LogP contribution in [0.5, 0.6) is 0 Å². The number of rotatable bonds is 2. The Labute approximate surface area is 125 Å². The first kappa shape index (κ1) is 14.1. The topological polar surface area (TPSA) is 54.2 Å². The molecule has 3 rings (SSSR count). The van der Waals surface area contributed by atoms with Crippen molar-refractivity contribution in [2.24, 2.45) is 0 Å². The van der Waals surface area contributed by atoms with Gasteiger partial charge in [0.15, 0.2) is 5.82 Å². The number of anilines is 1. The normalized spacial score (nSPS) is 15.7. The van der Waals surface area contributed by atoms with Crippen molar-refractivity contribution in [2.75, 3.05) is 18.0 Å². The zero-order chi connectivity index (χ0) is 14.9. The zero-order valence-electron chi connectivity index (χ0n) is 12.9. The van der Waals surface area contributed by atoms with E-state index in [0.717, 1.165) is 25.5 Å². The molecule has 0 radical (unpaired) electrons. The van der Waals surface area contributed by atoms with Gasteiger partial charge in [0.2, 0.25) is 5.89 Å². The highest BCUT2D eigenvalue weighted by Gasteiger charge is 2.23. The van der Waals surface area contributed by atoms with Gasteiger partial charge in [-0.25, -0.2) is 0 Å². The van der Waals surface area contributed by atoms with Gasteiger partial charge in [0.25, 0.3) is 0 Å². The number of nitrogens with one attached hydrogen (secondary N) is 1. The quantitative estimate of drug-likeness (QED) is 0.919. The molecule has 0 saturated heterocycles. The van der Waals surface area contributed by atoms with E-state index in [1.54, 1.807) is 0 Å². The second-order valence-electron chi connectivity index (χ2n) is 6.49. The van der Waals surface area contributed by atoms with Crippen molar-refractivity contribution in [1.82, 2.24) is 15.5 Å². The first-order chi connectivity index (χ1) is 10.0. The van der Waals surface area contributed by atoms with Crippen molar-refractivity contribution in [3.05, 3.63) is 41.5 Å². The molecule has 0 aliphatic carbocycles. The molecule has 1 aliphatic rings. The molecule has 112 valence electrons. The second kappa shape index (κ2) is 5.48. The monoisotopic (exact) mass is 286 g/mol. The van der Waals surface area contributed by atoms with Crippen molar-refractivity contribution in [3.63, 3.8) is 0 Å². The Morgan fingerprint density at radius 1 is 1.29 bits per heavy atom. The molecule has 1 N–H and O–H groups in total. The van der Waals surface area contributed by atoms with Crippen LogP contribution in [0.2, 0.25) is 0 Å². The van der Waals surface area contributed by atoms with Crippen LogP contribution < -0.4 is 10.2 Å². The van der Waals surface area contributed by atoms with Crippen molar-refractivity contribution >= 4 is 5.69 Å². The Morgan fingerprint density at radius 3 is 2.86 bits per heavy atom. The Morgan fingerprint density at radius 2 is 2.10 bits per heavy atom. The summed E-state index contributed by atoms with van der Waals surface area (Å²) in [5.74, 6) is 1.44. The van der Waals surface area contributed by atoms with Crippen LogP contribution in [0.25, 0.3) is 0 Å². The van der Waals surface area contributed by atoms with Gasteiger partial charge in [0.05, 0.1) is 6.54 Å².